The quantitative estimate of drug-likeness (QED) is 0.601. The summed E-state index contributed by atoms with van der Waals surface area (Å²) < 4.78 is 4.96. The van der Waals surface area contributed by atoms with E-state index in [-0.39, 0.29) is 0 Å². The molecule has 1 rings (SSSR count). The third-order valence-corrected chi connectivity index (χ3v) is 2.43. The standard InChI is InChI=1S/C8H17NO2/c1-6-3-7(10)8(9,4-6)5-11-2/h6-7,10H,3-5,9H2,1-2H3/t6-,7?,8-/m0/s1. The van der Waals surface area contributed by atoms with Crippen LogP contribution in [0.4, 0.5) is 0 Å². The van der Waals surface area contributed by atoms with Crippen LogP contribution in [0.15, 0.2) is 0 Å². The first kappa shape index (κ1) is 8.97. The lowest BCUT2D eigenvalue weighted by atomic mass is 9.97. The fourth-order valence-electron chi connectivity index (χ4n) is 1.91. The van der Waals surface area contributed by atoms with Gasteiger partial charge < -0.3 is 15.6 Å². The lowest BCUT2D eigenvalue weighted by Crippen LogP contribution is -2.50. The van der Waals surface area contributed by atoms with Gasteiger partial charge in [-0.1, -0.05) is 6.92 Å². The van der Waals surface area contributed by atoms with Crippen molar-refractivity contribution in [2.24, 2.45) is 11.7 Å². The van der Waals surface area contributed by atoms with Gasteiger partial charge in [0.2, 0.25) is 0 Å². The predicted octanol–water partition coefficient (Wildman–Crippen LogP) is 0.121. The van der Waals surface area contributed by atoms with Crippen LogP contribution in [0.3, 0.4) is 0 Å². The zero-order valence-corrected chi connectivity index (χ0v) is 7.21. The summed E-state index contributed by atoms with van der Waals surface area (Å²) in [5, 5.41) is 9.54. The molecule has 0 amide bonds. The molecule has 0 radical (unpaired) electrons. The highest BCUT2D eigenvalue weighted by Gasteiger charge is 2.41. The molecule has 3 nitrogen and oxygen atoms in total. The van der Waals surface area contributed by atoms with Crippen molar-refractivity contribution in [3.63, 3.8) is 0 Å². The minimum absolute atomic E-state index is 0.391. The van der Waals surface area contributed by atoms with Crippen LogP contribution >= 0.6 is 0 Å². The Balaban J connectivity index is 2.55. The first-order valence-corrected chi connectivity index (χ1v) is 4.04. The number of aliphatic hydroxyl groups is 1. The van der Waals surface area contributed by atoms with E-state index >= 15 is 0 Å². The van der Waals surface area contributed by atoms with E-state index in [9.17, 15) is 5.11 Å². The summed E-state index contributed by atoms with van der Waals surface area (Å²) in [6, 6.07) is 0. The summed E-state index contributed by atoms with van der Waals surface area (Å²) >= 11 is 0. The Bertz CT molecular complexity index is 140. The van der Waals surface area contributed by atoms with E-state index in [2.05, 4.69) is 6.92 Å². The van der Waals surface area contributed by atoms with Gasteiger partial charge in [-0.05, 0) is 18.8 Å². The Morgan fingerprint density at radius 1 is 1.73 bits per heavy atom. The van der Waals surface area contributed by atoms with E-state index in [1.165, 1.54) is 0 Å². The van der Waals surface area contributed by atoms with Gasteiger partial charge in [0.25, 0.3) is 0 Å². The molecule has 0 aromatic carbocycles. The first-order valence-electron chi connectivity index (χ1n) is 4.04. The van der Waals surface area contributed by atoms with Crippen LogP contribution in [0.2, 0.25) is 0 Å². The number of ether oxygens (including phenoxy) is 1. The number of hydrogen-bond acceptors (Lipinski definition) is 3. The van der Waals surface area contributed by atoms with E-state index < -0.39 is 11.6 Å². The highest BCUT2D eigenvalue weighted by atomic mass is 16.5. The maximum absolute atomic E-state index is 9.54. The molecule has 0 aliphatic heterocycles. The van der Waals surface area contributed by atoms with Gasteiger partial charge in [0.15, 0.2) is 0 Å². The zero-order chi connectivity index (χ0) is 8.48. The molecule has 0 aromatic heterocycles. The molecule has 1 saturated carbocycles. The van der Waals surface area contributed by atoms with Crippen molar-refractivity contribution in [2.45, 2.75) is 31.4 Å². The molecule has 0 aromatic rings. The second-order valence-corrected chi connectivity index (χ2v) is 3.73. The normalized spacial score (nSPS) is 44.7. The smallest absolute Gasteiger partial charge is 0.0744 e. The maximum atomic E-state index is 9.54. The maximum Gasteiger partial charge on any atom is 0.0744 e. The van der Waals surface area contributed by atoms with Crippen molar-refractivity contribution in [2.75, 3.05) is 13.7 Å². The van der Waals surface area contributed by atoms with Crippen molar-refractivity contribution in [3.8, 4) is 0 Å². The van der Waals surface area contributed by atoms with Gasteiger partial charge >= 0.3 is 0 Å². The molecule has 3 atom stereocenters. The molecule has 3 N–H and O–H groups in total. The summed E-state index contributed by atoms with van der Waals surface area (Å²) in [4.78, 5) is 0. The molecule has 3 heteroatoms. The van der Waals surface area contributed by atoms with Gasteiger partial charge in [0.1, 0.15) is 0 Å². The molecular weight excluding hydrogens is 142 g/mol. The minimum atomic E-state index is -0.492. The summed E-state index contributed by atoms with van der Waals surface area (Å²) in [5.74, 6) is 0.519. The lowest BCUT2D eigenvalue weighted by Gasteiger charge is -2.26. The van der Waals surface area contributed by atoms with Gasteiger partial charge in [-0.2, -0.15) is 0 Å². The number of hydrogen-bond donors (Lipinski definition) is 2. The van der Waals surface area contributed by atoms with Gasteiger partial charge in [0.05, 0.1) is 18.2 Å². The highest BCUT2D eigenvalue weighted by molar-refractivity contribution is 4.99. The van der Waals surface area contributed by atoms with E-state index in [1.807, 2.05) is 0 Å². The van der Waals surface area contributed by atoms with E-state index in [4.69, 9.17) is 10.5 Å². The summed E-state index contributed by atoms with van der Waals surface area (Å²) in [7, 11) is 1.62. The molecule has 1 unspecified atom stereocenters. The summed E-state index contributed by atoms with van der Waals surface area (Å²) in [5.41, 5.74) is 5.44. The molecule has 0 heterocycles. The van der Waals surface area contributed by atoms with Crippen molar-refractivity contribution >= 4 is 0 Å². The second kappa shape index (κ2) is 3.09. The number of nitrogens with two attached hydrogens (primary N) is 1. The third-order valence-electron chi connectivity index (χ3n) is 2.43. The molecule has 1 fully saturated rings. The van der Waals surface area contributed by atoms with Crippen molar-refractivity contribution in [3.05, 3.63) is 0 Å². The Morgan fingerprint density at radius 3 is 2.73 bits per heavy atom. The minimum Gasteiger partial charge on any atom is -0.391 e. The van der Waals surface area contributed by atoms with Gasteiger partial charge in [0, 0.05) is 7.11 Å². The summed E-state index contributed by atoms with van der Waals surface area (Å²) in [6.07, 6.45) is 1.28. The predicted molar refractivity (Wildman–Crippen MR) is 43.2 cm³/mol. The van der Waals surface area contributed by atoms with Crippen LogP contribution in [0.25, 0.3) is 0 Å². The Morgan fingerprint density at radius 2 is 2.36 bits per heavy atom. The van der Waals surface area contributed by atoms with E-state index in [0.29, 0.717) is 12.5 Å². The average molecular weight is 159 g/mol. The molecular formula is C8H17NO2. The van der Waals surface area contributed by atoms with Gasteiger partial charge in [-0.25, -0.2) is 0 Å². The van der Waals surface area contributed by atoms with Crippen LogP contribution in [-0.2, 0) is 4.74 Å². The van der Waals surface area contributed by atoms with Crippen LogP contribution in [0.5, 0.6) is 0 Å². The molecule has 1 aliphatic carbocycles. The fourth-order valence-corrected chi connectivity index (χ4v) is 1.91. The molecule has 66 valence electrons. The van der Waals surface area contributed by atoms with E-state index in [1.54, 1.807) is 7.11 Å². The number of methoxy groups -OCH3 is 1. The average Bonchev–Trinajstić information content (AvgIpc) is 2.08. The van der Waals surface area contributed by atoms with Gasteiger partial charge in [-0.3, -0.25) is 0 Å². The third kappa shape index (κ3) is 1.72. The molecule has 11 heavy (non-hydrogen) atoms. The van der Waals surface area contributed by atoms with Crippen molar-refractivity contribution in [1.29, 1.82) is 0 Å². The summed E-state index contributed by atoms with van der Waals surface area (Å²) in [6.45, 7) is 2.56. The van der Waals surface area contributed by atoms with Gasteiger partial charge in [-0.15, -0.1) is 0 Å². The van der Waals surface area contributed by atoms with Crippen LogP contribution < -0.4 is 5.73 Å². The largest absolute Gasteiger partial charge is 0.391 e. The highest BCUT2D eigenvalue weighted by Crippen LogP contribution is 2.32. The van der Waals surface area contributed by atoms with Crippen LogP contribution in [-0.4, -0.2) is 30.5 Å². The number of aliphatic hydroxyl groups excluding tert-OH is 1. The topological polar surface area (TPSA) is 55.5 Å². The van der Waals surface area contributed by atoms with Crippen molar-refractivity contribution in [1.82, 2.24) is 0 Å². The second-order valence-electron chi connectivity index (χ2n) is 3.73. The molecule has 0 bridgehead atoms. The van der Waals surface area contributed by atoms with Crippen LogP contribution in [0, 0.1) is 5.92 Å². The molecule has 0 saturated heterocycles. The monoisotopic (exact) mass is 159 g/mol. The molecule has 0 spiro atoms. The van der Waals surface area contributed by atoms with Crippen molar-refractivity contribution < 1.29 is 9.84 Å². The Labute approximate surface area is 67.5 Å². The first-order chi connectivity index (χ1) is 5.08. The molecule has 1 aliphatic rings. The lowest BCUT2D eigenvalue weighted by molar-refractivity contribution is 0.0461. The van der Waals surface area contributed by atoms with Crippen LogP contribution in [0.1, 0.15) is 19.8 Å². The van der Waals surface area contributed by atoms with E-state index in [0.717, 1.165) is 12.8 Å². The Kier molecular flexibility index (Phi) is 2.52. The zero-order valence-electron chi connectivity index (χ0n) is 7.21. The number of rotatable bonds is 2. The Hall–Kier alpha value is -0.120. The fraction of sp³-hybridized carbons (Fsp3) is 1.00. The SMILES string of the molecule is COC[C@@]1(N)C[C@@H](C)CC1O.